The summed E-state index contributed by atoms with van der Waals surface area (Å²) in [5.74, 6) is 1.10. The predicted octanol–water partition coefficient (Wildman–Crippen LogP) is 1.25. The molecule has 1 aromatic carbocycles. The average molecular weight is 270 g/mol. The Bertz CT molecular complexity index is 599. The first-order valence-electron chi connectivity index (χ1n) is 6.29. The van der Waals surface area contributed by atoms with Gasteiger partial charge >= 0.3 is 0 Å². The summed E-state index contributed by atoms with van der Waals surface area (Å²) in [5.41, 5.74) is 7.76. The van der Waals surface area contributed by atoms with Crippen molar-refractivity contribution in [1.82, 2.24) is 20.1 Å². The number of hydrogen-bond acceptors (Lipinski definition) is 3. The molecule has 0 aliphatic carbocycles. The summed E-state index contributed by atoms with van der Waals surface area (Å²) in [7, 11) is 0. The third-order valence-corrected chi connectivity index (χ3v) is 2.61. The van der Waals surface area contributed by atoms with E-state index in [0.717, 1.165) is 17.1 Å². The zero-order valence-electron chi connectivity index (χ0n) is 11.5. The van der Waals surface area contributed by atoms with Crippen molar-refractivity contribution in [3.05, 3.63) is 54.6 Å². The molecule has 0 bridgehead atoms. The van der Waals surface area contributed by atoms with E-state index < -0.39 is 0 Å². The second-order valence-corrected chi connectivity index (χ2v) is 4.46. The highest BCUT2D eigenvalue weighted by Gasteiger charge is 2.05. The third kappa shape index (κ3) is 3.68. The Balaban J connectivity index is 2.06. The largest absolute Gasteiger partial charge is 0.370 e. The Morgan fingerprint density at radius 3 is 2.85 bits per heavy atom. The van der Waals surface area contributed by atoms with Crippen LogP contribution in [0.25, 0.3) is 5.69 Å². The van der Waals surface area contributed by atoms with Gasteiger partial charge in [-0.1, -0.05) is 30.4 Å². The van der Waals surface area contributed by atoms with Gasteiger partial charge in [-0.15, -0.1) is 10.2 Å². The quantitative estimate of drug-likeness (QED) is 0.487. The smallest absolute Gasteiger partial charge is 0.189 e. The Morgan fingerprint density at radius 1 is 1.40 bits per heavy atom. The minimum atomic E-state index is 0.365. The van der Waals surface area contributed by atoms with Crippen LogP contribution in [-0.4, -0.2) is 27.3 Å². The molecule has 1 aromatic heterocycles. The van der Waals surface area contributed by atoms with E-state index in [-0.39, 0.29) is 0 Å². The first-order valence-corrected chi connectivity index (χ1v) is 6.29. The number of nitrogens with zero attached hydrogens (tertiary/aromatic N) is 4. The van der Waals surface area contributed by atoms with Crippen LogP contribution in [0.5, 0.6) is 0 Å². The van der Waals surface area contributed by atoms with E-state index in [1.165, 1.54) is 0 Å². The molecule has 1 heterocycles. The van der Waals surface area contributed by atoms with Gasteiger partial charge in [0.1, 0.15) is 12.9 Å². The molecule has 0 amide bonds. The molecule has 0 unspecified atom stereocenters. The lowest BCUT2D eigenvalue weighted by atomic mass is 10.3. The maximum atomic E-state index is 5.77. The van der Waals surface area contributed by atoms with Crippen molar-refractivity contribution in [3.63, 3.8) is 0 Å². The van der Waals surface area contributed by atoms with Gasteiger partial charge in [0.15, 0.2) is 11.8 Å². The van der Waals surface area contributed by atoms with E-state index in [4.69, 9.17) is 5.73 Å². The molecular formula is C14H18N6. The van der Waals surface area contributed by atoms with E-state index in [9.17, 15) is 0 Å². The Morgan fingerprint density at radius 2 is 2.15 bits per heavy atom. The van der Waals surface area contributed by atoms with Gasteiger partial charge < -0.3 is 11.1 Å². The van der Waals surface area contributed by atoms with Crippen LogP contribution < -0.4 is 11.1 Å². The van der Waals surface area contributed by atoms with E-state index in [1.807, 2.05) is 41.8 Å². The number of para-hydroxylation sites is 1. The molecule has 0 fully saturated rings. The van der Waals surface area contributed by atoms with E-state index in [2.05, 4.69) is 27.1 Å². The fourth-order valence-corrected chi connectivity index (χ4v) is 1.62. The van der Waals surface area contributed by atoms with Crippen molar-refractivity contribution < 1.29 is 0 Å². The average Bonchev–Trinajstić information content (AvgIpc) is 2.92. The molecule has 0 saturated carbocycles. The van der Waals surface area contributed by atoms with Crippen LogP contribution in [0.1, 0.15) is 12.7 Å². The number of rotatable bonds is 5. The van der Waals surface area contributed by atoms with Gasteiger partial charge in [0.2, 0.25) is 0 Å². The van der Waals surface area contributed by atoms with Gasteiger partial charge in [-0.3, -0.25) is 4.57 Å². The van der Waals surface area contributed by atoms with Crippen LogP contribution in [-0.2, 0) is 6.54 Å². The molecule has 0 saturated heterocycles. The fraction of sp³-hybridized carbons (Fsp3) is 0.214. The maximum absolute atomic E-state index is 5.77. The van der Waals surface area contributed by atoms with Crippen LogP contribution in [0.4, 0.5) is 0 Å². The molecular weight excluding hydrogens is 252 g/mol. The lowest BCUT2D eigenvalue weighted by Crippen LogP contribution is -2.32. The molecule has 104 valence electrons. The first kappa shape index (κ1) is 13.8. The maximum Gasteiger partial charge on any atom is 0.189 e. The van der Waals surface area contributed by atoms with Crippen molar-refractivity contribution in [2.45, 2.75) is 13.5 Å². The number of guanidine groups is 1. The summed E-state index contributed by atoms with van der Waals surface area (Å²) < 4.78 is 1.88. The zero-order chi connectivity index (χ0) is 14.4. The lowest BCUT2D eigenvalue weighted by molar-refractivity contribution is 0.845. The Labute approximate surface area is 118 Å². The van der Waals surface area contributed by atoms with Crippen LogP contribution in [0.15, 0.2) is 53.8 Å². The Hall–Kier alpha value is -2.63. The van der Waals surface area contributed by atoms with Crippen LogP contribution in [0, 0.1) is 0 Å². The number of aromatic nitrogens is 3. The van der Waals surface area contributed by atoms with Crippen LogP contribution in [0.3, 0.4) is 0 Å². The summed E-state index contributed by atoms with van der Waals surface area (Å²) in [6, 6.07) is 9.86. The van der Waals surface area contributed by atoms with Crippen molar-refractivity contribution in [2.75, 3.05) is 6.54 Å². The molecule has 2 rings (SSSR count). The minimum Gasteiger partial charge on any atom is -0.370 e. The summed E-state index contributed by atoms with van der Waals surface area (Å²) in [6.45, 7) is 6.69. The van der Waals surface area contributed by atoms with Crippen LogP contribution >= 0.6 is 0 Å². The normalized spacial score (nSPS) is 11.3. The molecule has 0 atom stereocenters. The van der Waals surface area contributed by atoms with Gasteiger partial charge in [0.05, 0.1) is 0 Å². The van der Waals surface area contributed by atoms with Gasteiger partial charge in [-0.2, -0.15) is 0 Å². The molecule has 2 aromatic rings. The number of nitrogens with two attached hydrogens (primary N) is 1. The first-order chi connectivity index (χ1) is 9.66. The third-order valence-electron chi connectivity index (χ3n) is 2.61. The van der Waals surface area contributed by atoms with Gasteiger partial charge in [0.25, 0.3) is 0 Å². The predicted molar refractivity (Wildman–Crippen MR) is 79.5 cm³/mol. The highest BCUT2D eigenvalue weighted by atomic mass is 15.3. The van der Waals surface area contributed by atoms with Crippen molar-refractivity contribution in [3.8, 4) is 5.69 Å². The number of aliphatic imine (C=N–C) groups is 1. The van der Waals surface area contributed by atoms with Crippen molar-refractivity contribution in [2.24, 2.45) is 10.7 Å². The summed E-state index contributed by atoms with van der Waals surface area (Å²) in [5, 5.41) is 11.0. The molecule has 6 nitrogen and oxygen atoms in total. The summed E-state index contributed by atoms with van der Waals surface area (Å²) in [4.78, 5) is 4.24. The SMILES string of the molecule is C=C(C)CNC(N)=NCc1nncn1-c1ccccc1. The standard InChI is InChI=1S/C14H18N6/c1-11(2)8-16-14(15)17-9-13-19-18-10-20(13)12-6-4-3-5-7-12/h3-7,10H,1,8-9H2,2H3,(H3,15,16,17). The molecule has 0 aliphatic heterocycles. The van der Waals surface area contributed by atoms with E-state index in [0.29, 0.717) is 19.0 Å². The molecule has 20 heavy (non-hydrogen) atoms. The monoisotopic (exact) mass is 270 g/mol. The zero-order valence-corrected chi connectivity index (χ0v) is 11.5. The number of nitrogens with one attached hydrogen (secondary N) is 1. The van der Waals surface area contributed by atoms with Crippen LogP contribution in [0.2, 0.25) is 0 Å². The van der Waals surface area contributed by atoms with E-state index >= 15 is 0 Å². The molecule has 0 spiro atoms. The van der Waals surface area contributed by atoms with Crippen molar-refractivity contribution in [1.29, 1.82) is 0 Å². The molecule has 0 radical (unpaired) electrons. The molecule has 3 N–H and O–H groups in total. The number of benzene rings is 1. The van der Waals surface area contributed by atoms with Gasteiger partial charge in [-0.25, -0.2) is 4.99 Å². The lowest BCUT2D eigenvalue weighted by Gasteiger charge is -2.06. The molecule has 0 aliphatic rings. The van der Waals surface area contributed by atoms with Gasteiger partial charge in [-0.05, 0) is 19.1 Å². The second-order valence-electron chi connectivity index (χ2n) is 4.46. The van der Waals surface area contributed by atoms with E-state index in [1.54, 1.807) is 6.33 Å². The fourth-order valence-electron chi connectivity index (χ4n) is 1.62. The summed E-state index contributed by atoms with van der Waals surface area (Å²) >= 11 is 0. The minimum absolute atomic E-state index is 0.365. The second kappa shape index (κ2) is 6.51. The molecule has 6 heteroatoms. The highest BCUT2D eigenvalue weighted by Crippen LogP contribution is 2.09. The topological polar surface area (TPSA) is 81.1 Å². The summed E-state index contributed by atoms with van der Waals surface area (Å²) in [6.07, 6.45) is 1.66. The van der Waals surface area contributed by atoms with Crippen molar-refractivity contribution >= 4 is 5.96 Å². The number of hydrogen-bond donors (Lipinski definition) is 2. The Kier molecular flexibility index (Phi) is 4.49. The highest BCUT2D eigenvalue weighted by molar-refractivity contribution is 5.77. The van der Waals surface area contributed by atoms with Gasteiger partial charge in [0, 0.05) is 12.2 Å².